The quantitative estimate of drug-likeness (QED) is 0.714. The van der Waals surface area contributed by atoms with E-state index in [4.69, 9.17) is 0 Å². The molecule has 1 aliphatic carbocycles. The van der Waals surface area contributed by atoms with E-state index in [1.807, 2.05) is 11.0 Å². The molecule has 3 aliphatic rings. The standard InChI is InChI=1S/C14H17N3O2/c1-9-3-2-4-11-10(9)7-17(8-15-11)12-5-6-13(18)16-14(12)19/h2,4,8-9,12H,3,5-7H2,1H3,(H,16,18,19). The normalized spacial score (nSPS) is 30.5. The molecule has 19 heavy (non-hydrogen) atoms. The summed E-state index contributed by atoms with van der Waals surface area (Å²) in [4.78, 5) is 29.5. The number of carbonyl (C=O) groups is 2. The summed E-state index contributed by atoms with van der Waals surface area (Å²) in [6.45, 7) is 2.92. The maximum atomic E-state index is 11.9. The molecule has 0 spiro atoms. The zero-order valence-electron chi connectivity index (χ0n) is 10.9. The van der Waals surface area contributed by atoms with E-state index in [1.165, 1.54) is 5.57 Å². The van der Waals surface area contributed by atoms with Crippen molar-refractivity contribution in [3.63, 3.8) is 0 Å². The molecule has 1 fully saturated rings. The molecule has 3 rings (SSSR count). The Balaban J connectivity index is 1.77. The van der Waals surface area contributed by atoms with Gasteiger partial charge in [-0.05, 0) is 30.4 Å². The fourth-order valence-electron chi connectivity index (χ4n) is 2.81. The van der Waals surface area contributed by atoms with Gasteiger partial charge >= 0.3 is 0 Å². The summed E-state index contributed by atoms with van der Waals surface area (Å²) in [5.41, 5.74) is 2.32. The molecule has 2 atom stereocenters. The molecule has 0 aromatic rings. The third-order valence-electron chi connectivity index (χ3n) is 4.00. The topological polar surface area (TPSA) is 61.8 Å². The van der Waals surface area contributed by atoms with Crippen LogP contribution in [0.2, 0.25) is 0 Å². The van der Waals surface area contributed by atoms with Gasteiger partial charge in [0.1, 0.15) is 6.04 Å². The Morgan fingerprint density at radius 3 is 3.05 bits per heavy atom. The highest BCUT2D eigenvalue weighted by Gasteiger charge is 2.33. The van der Waals surface area contributed by atoms with Crippen molar-refractivity contribution in [2.45, 2.75) is 32.2 Å². The number of rotatable bonds is 1. The number of nitrogens with one attached hydrogen (secondary N) is 1. The van der Waals surface area contributed by atoms with Gasteiger partial charge in [0.15, 0.2) is 0 Å². The molecule has 0 bridgehead atoms. The number of amides is 2. The smallest absolute Gasteiger partial charge is 0.249 e. The SMILES string of the molecule is CC1CC=CC2=C1CN(C1CCC(=O)NC1=O)C=N2. The Kier molecular flexibility index (Phi) is 2.97. The molecule has 0 aromatic heterocycles. The molecule has 0 saturated carbocycles. The summed E-state index contributed by atoms with van der Waals surface area (Å²) >= 11 is 0. The number of hydrogen-bond acceptors (Lipinski definition) is 4. The number of nitrogens with zero attached hydrogens (tertiary/aromatic N) is 2. The van der Waals surface area contributed by atoms with Crippen LogP contribution in [0.5, 0.6) is 0 Å². The Morgan fingerprint density at radius 1 is 1.42 bits per heavy atom. The van der Waals surface area contributed by atoms with Gasteiger partial charge in [0, 0.05) is 13.0 Å². The largest absolute Gasteiger partial charge is 0.346 e. The van der Waals surface area contributed by atoms with Gasteiger partial charge < -0.3 is 4.90 Å². The van der Waals surface area contributed by atoms with Gasteiger partial charge in [0.05, 0.1) is 12.0 Å². The lowest BCUT2D eigenvalue weighted by molar-refractivity contribution is -0.136. The molecule has 2 heterocycles. The maximum absolute atomic E-state index is 11.9. The van der Waals surface area contributed by atoms with Crippen molar-refractivity contribution >= 4 is 18.2 Å². The van der Waals surface area contributed by atoms with Crippen LogP contribution in [0.1, 0.15) is 26.2 Å². The zero-order chi connectivity index (χ0) is 13.4. The third kappa shape index (κ3) is 2.20. The molecule has 1 N–H and O–H groups in total. The van der Waals surface area contributed by atoms with Crippen molar-refractivity contribution in [2.75, 3.05) is 6.54 Å². The molecule has 2 aliphatic heterocycles. The Bertz CT molecular complexity index is 519. The summed E-state index contributed by atoms with van der Waals surface area (Å²) in [5.74, 6) is 0.0862. The number of imide groups is 1. The first-order valence-electron chi connectivity index (χ1n) is 6.68. The molecule has 5 nitrogen and oxygen atoms in total. The van der Waals surface area contributed by atoms with Crippen molar-refractivity contribution in [1.29, 1.82) is 0 Å². The van der Waals surface area contributed by atoms with E-state index in [0.29, 0.717) is 18.8 Å². The molecule has 5 heteroatoms. The summed E-state index contributed by atoms with van der Waals surface area (Å²) in [5, 5.41) is 2.40. The van der Waals surface area contributed by atoms with Crippen molar-refractivity contribution < 1.29 is 9.59 Å². The second-order valence-corrected chi connectivity index (χ2v) is 5.33. The number of aliphatic imine (C=N–C) groups is 1. The molecule has 0 aromatic carbocycles. The lowest BCUT2D eigenvalue weighted by Gasteiger charge is -2.36. The summed E-state index contributed by atoms with van der Waals surface area (Å²) in [6, 6.07) is -0.270. The van der Waals surface area contributed by atoms with Crippen molar-refractivity contribution in [1.82, 2.24) is 10.2 Å². The Labute approximate surface area is 112 Å². The van der Waals surface area contributed by atoms with E-state index in [1.54, 1.807) is 6.34 Å². The first-order chi connectivity index (χ1) is 9.15. The lowest BCUT2D eigenvalue weighted by atomic mass is 9.89. The average molecular weight is 259 g/mol. The van der Waals surface area contributed by atoms with Crippen molar-refractivity contribution in [2.24, 2.45) is 10.9 Å². The molecule has 2 unspecified atom stereocenters. The predicted molar refractivity (Wildman–Crippen MR) is 71.3 cm³/mol. The van der Waals surface area contributed by atoms with Gasteiger partial charge in [0.25, 0.3) is 0 Å². The maximum Gasteiger partial charge on any atom is 0.249 e. The van der Waals surface area contributed by atoms with Gasteiger partial charge in [-0.1, -0.05) is 13.0 Å². The van der Waals surface area contributed by atoms with E-state index in [2.05, 4.69) is 23.3 Å². The first-order valence-corrected chi connectivity index (χ1v) is 6.68. The van der Waals surface area contributed by atoms with Crippen molar-refractivity contribution in [3.05, 3.63) is 23.4 Å². The van der Waals surface area contributed by atoms with Crippen LogP contribution >= 0.6 is 0 Å². The minimum atomic E-state index is -0.270. The highest BCUT2D eigenvalue weighted by Crippen LogP contribution is 2.29. The highest BCUT2D eigenvalue weighted by molar-refractivity contribution is 6.01. The van der Waals surface area contributed by atoms with Crippen LogP contribution in [0, 0.1) is 5.92 Å². The van der Waals surface area contributed by atoms with E-state index in [-0.39, 0.29) is 17.9 Å². The molecule has 100 valence electrons. The van der Waals surface area contributed by atoms with E-state index >= 15 is 0 Å². The van der Waals surface area contributed by atoms with E-state index in [9.17, 15) is 9.59 Å². The van der Waals surface area contributed by atoms with Gasteiger partial charge in [0.2, 0.25) is 11.8 Å². The van der Waals surface area contributed by atoms with Crippen LogP contribution in [-0.2, 0) is 9.59 Å². The second kappa shape index (κ2) is 4.64. The van der Waals surface area contributed by atoms with Gasteiger partial charge in [-0.15, -0.1) is 0 Å². The molecule has 2 amide bonds. The fraction of sp³-hybridized carbons (Fsp3) is 0.500. The van der Waals surface area contributed by atoms with Crippen molar-refractivity contribution in [3.8, 4) is 0 Å². The van der Waals surface area contributed by atoms with Crippen LogP contribution in [0.25, 0.3) is 0 Å². The summed E-state index contributed by atoms with van der Waals surface area (Å²) in [6.07, 6.45) is 7.93. The Hall–Kier alpha value is -1.91. The lowest BCUT2D eigenvalue weighted by Crippen LogP contribution is -2.53. The minimum absolute atomic E-state index is 0.177. The minimum Gasteiger partial charge on any atom is -0.346 e. The van der Waals surface area contributed by atoms with Crippen LogP contribution in [0.4, 0.5) is 0 Å². The number of carbonyl (C=O) groups excluding carboxylic acids is 2. The zero-order valence-corrected chi connectivity index (χ0v) is 10.9. The third-order valence-corrected chi connectivity index (χ3v) is 4.00. The van der Waals surface area contributed by atoms with Crippen LogP contribution in [-0.4, -0.2) is 35.6 Å². The predicted octanol–water partition coefficient (Wildman–Crippen LogP) is 0.986. The van der Waals surface area contributed by atoms with Gasteiger partial charge in [-0.3, -0.25) is 14.9 Å². The fourth-order valence-corrected chi connectivity index (χ4v) is 2.81. The molecular formula is C14H17N3O2. The monoisotopic (exact) mass is 259 g/mol. The van der Waals surface area contributed by atoms with E-state index < -0.39 is 0 Å². The first kappa shape index (κ1) is 12.1. The van der Waals surface area contributed by atoms with E-state index in [0.717, 1.165) is 18.7 Å². The second-order valence-electron chi connectivity index (χ2n) is 5.33. The van der Waals surface area contributed by atoms with Crippen LogP contribution < -0.4 is 5.32 Å². The highest BCUT2D eigenvalue weighted by atomic mass is 16.2. The number of allylic oxidation sites excluding steroid dienone is 2. The summed E-state index contributed by atoms with van der Waals surface area (Å²) < 4.78 is 0. The Morgan fingerprint density at radius 2 is 2.26 bits per heavy atom. The molecule has 0 radical (unpaired) electrons. The summed E-state index contributed by atoms with van der Waals surface area (Å²) in [7, 11) is 0. The number of hydrogen-bond donors (Lipinski definition) is 1. The number of piperidine rings is 1. The van der Waals surface area contributed by atoms with Gasteiger partial charge in [-0.2, -0.15) is 0 Å². The van der Waals surface area contributed by atoms with Crippen LogP contribution in [0.3, 0.4) is 0 Å². The average Bonchev–Trinajstić information content (AvgIpc) is 2.39. The molecule has 1 saturated heterocycles. The van der Waals surface area contributed by atoms with Crippen LogP contribution in [0.15, 0.2) is 28.4 Å². The van der Waals surface area contributed by atoms with Gasteiger partial charge in [-0.25, -0.2) is 4.99 Å². The molecular weight excluding hydrogens is 242 g/mol.